The van der Waals surface area contributed by atoms with E-state index in [2.05, 4.69) is 12.2 Å². The number of carbonyl (C=O) groups is 1. The highest BCUT2D eigenvalue weighted by molar-refractivity contribution is 7.98. The second-order valence-electron chi connectivity index (χ2n) is 5.50. The van der Waals surface area contributed by atoms with Crippen LogP contribution < -0.4 is 5.32 Å². The molecule has 0 saturated carbocycles. The number of rotatable bonds is 7. The Labute approximate surface area is 115 Å². The SMILES string of the molecule is CCCC[C@](O)(CCSC)NC(=O)OC(C)(C)C. The summed E-state index contributed by atoms with van der Waals surface area (Å²) in [6, 6.07) is 0. The highest BCUT2D eigenvalue weighted by Crippen LogP contribution is 2.19. The fourth-order valence-corrected chi connectivity index (χ4v) is 2.03. The Bertz CT molecular complexity index is 243. The average molecular weight is 277 g/mol. The maximum Gasteiger partial charge on any atom is 0.409 e. The first-order valence-corrected chi connectivity index (χ1v) is 7.84. The Morgan fingerprint density at radius 1 is 1.33 bits per heavy atom. The minimum atomic E-state index is -1.15. The van der Waals surface area contributed by atoms with Gasteiger partial charge in [0.25, 0.3) is 0 Å². The molecule has 0 aliphatic rings. The Morgan fingerprint density at radius 3 is 2.39 bits per heavy atom. The molecule has 2 N–H and O–H groups in total. The van der Waals surface area contributed by atoms with Gasteiger partial charge in [0.15, 0.2) is 0 Å². The number of hydrogen-bond donors (Lipinski definition) is 2. The molecule has 18 heavy (non-hydrogen) atoms. The van der Waals surface area contributed by atoms with Crippen LogP contribution in [0.4, 0.5) is 4.79 Å². The van der Waals surface area contributed by atoms with Crippen molar-refractivity contribution in [2.45, 2.75) is 64.7 Å². The second-order valence-corrected chi connectivity index (χ2v) is 6.49. The standard InChI is InChI=1S/C13H27NO3S/c1-6-7-8-13(16,9-10-18-5)14-11(15)17-12(2,3)4/h16H,6-10H2,1-5H3,(H,14,15)/t13-/m0/s1. The van der Waals surface area contributed by atoms with Crippen LogP contribution in [0.5, 0.6) is 0 Å². The summed E-state index contributed by atoms with van der Waals surface area (Å²) >= 11 is 1.65. The third-order valence-electron chi connectivity index (χ3n) is 2.40. The molecule has 0 aromatic heterocycles. The molecular formula is C13H27NO3S. The van der Waals surface area contributed by atoms with Gasteiger partial charge in [-0.3, -0.25) is 5.32 Å². The van der Waals surface area contributed by atoms with E-state index in [4.69, 9.17) is 4.74 Å². The van der Waals surface area contributed by atoms with Crippen LogP contribution in [0.1, 0.15) is 53.4 Å². The zero-order valence-electron chi connectivity index (χ0n) is 12.2. The molecule has 0 fully saturated rings. The van der Waals surface area contributed by atoms with Crippen molar-refractivity contribution in [3.63, 3.8) is 0 Å². The van der Waals surface area contributed by atoms with Gasteiger partial charge in [0, 0.05) is 6.42 Å². The van der Waals surface area contributed by atoms with Crippen molar-refractivity contribution in [1.82, 2.24) is 5.32 Å². The van der Waals surface area contributed by atoms with E-state index in [0.717, 1.165) is 18.6 Å². The summed E-state index contributed by atoms with van der Waals surface area (Å²) in [6.07, 6.45) is 4.38. The van der Waals surface area contributed by atoms with E-state index in [-0.39, 0.29) is 0 Å². The van der Waals surface area contributed by atoms with Gasteiger partial charge in [-0.1, -0.05) is 13.3 Å². The van der Waals surface area contributed by atoms with E-state index in [9.17, 15) is 9.90 Å². The van der Waals surface area contributed by atoms with Gasteiger partial charge in [0.2, 0.25) is 0 Å². The minimum absolute atomic E-state index is 0.535. The predicted octanol–water partition coefficient (Wildman–Crippen LogP) is 3.14. The fraction of sp³-hybridized carbons (Fsp3) is 0.923. The van der Waals surface area contributed by atoms with Crippen LogP contribution in [0, 0.1) is 0 Å². The quantitative estimate of drug-likeness (QED) is 0.702. The van der Waals surface area contributed by atoms with Crippen molar-refractivity contribution >= 4 is 17.9 Å². The van der Waals surface area contributed by atoms with Crippen molar-refractivity contribution < 1.29 is 14.6 Å². The summed E-state index contributed by atoms with van der Waals surface area (Å²) in [5.41, 5.74) is -1.70. The van der Waals surface area contributed by atoms with Crippen molar-refractivity contribution in [3.05, 3.63) is 0 Å². The van der Waals surface area contributed by atoms with Gasteiger partial charge in [-0.05, 0) is 45.6 Å². The number of thioether (sulfide) groups is 1. The number of ether oxygens (including phenoxy) is 1. The molecule has 0 aromatic carbocycles. The lowest BCUT2D eigenvalue weighted by molar-refractivity contribution is -0.0222. The molecule has 0 rings (SSSR count). The average Bonchev–Trinajstić information content (AvgIpc) is 2.21. The molecule has 0 aromatic rings. The lowest BCUT2D eigenvalue weighted by Gasteiger charge is -2.30. The van der Waals surface area contributed by atoms with Gasteiger partial charge in [0.05, 0.1) is 0 Å². The first kappa shape index (κ1) is 17.6. The molecule has 4 nitrogen and oxygen atoms in total. The zero-order valence-corrected chi connectivity index (χ0v) is 13.0. The van der Waals surface area contributed by atoms with Crippen LogP contribution in [0.3, 0.4) is 0 Å². The van der Waals surface area contributed by atoms with Crippen LogP contribution in [-0.2, 0) is 4.74 Å². The number of unbranched alkanes of at least 4 members (excludes halogenated alkanes) is 1. The molecule has 0 spiro atoms. The summed E-state index contributed by atoms with van der Waals surface area (Å²) in [7, 11) is 0. The Balaban J connectivity index is 4.42. The Morgan fingerprint density at radius 2 is 1.94 bits per heavy atom. The normalized spacial score (nSPS) is 15.0. The molecule has 0 aliphatic carbocycles. The van der Waals surface area contributed by atoms with Crippen molar-refractivity contribution in [3.8, 4) is 0 Å². The number of aliphatic hydroxyl groups is 1. The zero-order chi connectivity index (χ0) is 14.2. The van der Waals surface area contributed by atoms with Gasteiger partial charge >= 0.3 is 6.09 Å². The molecular weight excluding hydrogens is 250 g/mol. The lowest BCUT2D eigenvalue weighted by Crippen LogP contribution is -2.50. The van der Waals surface area contributed by atoms with Crippen LogP contribution in [0.15, 0.2) is 0 Å². The third kappa shape index (κ3) is 8.64. The van der Waals surface area contributed by atoms with E-state index < -0.39 is 17.4 Å². The van der Waals surface area contributed by atoms with Gasteiger partial charge < -0.3 is 9.84 Å². The topological polar surface area (TPSA) is 58.6 Å². The highest BCUT2D eigenvalue weighted by atomic mass is 32.2. The van der Waals surface area contributed by atoms with E-state index in [0.29, 0.717) is 12.8 Å². The predicted molar refractivity (Wildman–Crippen MR) is 76.8 cm³/mol. The minimum Gasteiger partial charge on any atom is -0.444 e. The van der Waals surface area contributed by atoms with Gasteiger partial charge in [0.1, 0.15) is 11.3 Å². The van der Waals surface area contributed by atoms with E-state index >= 15 is 0 Å². The Kier molecular flexibility index (Phi) is 7.71. The molecule has 0 aliphatic heterocycles. The molecule has 1 atom stereocenters. The van der Waals surface area contributed by atoms with E-state index in [1.807, 2.05) is 6.26 Å². The van der Waals surface area contributed by atoms with E-state index in [1.165, 1.54) is 0 Å². The monoisotopic (exact) mass is 277 g/mol. The maximum absolute atomic E-state index is 11.7. The summed E-state index contributed by atoms with van der Waals surface area (Å²) < 4.78 is 5.18. The number of carbonyl (C=O) groups excluding carboxylic acids is 1. The van der Waals surface area contributed by atoms with Crippen molar-refractivity contribution in [1.29, 1.82) is 0 Å². The van der Waals surface area contributed by atoms with Gasteiger partial charge in [-0.2, -0.15) is 11.8 Å². The van der Waals surface area contributed by atoms with Gasteiger partial charge in [-0.15, -0.1) is 0 Å². The first-order valence-electron chi connectivity index (χ1n) is 6.45. The molecule has 0 saturated heterocycles. The maximum atomic E-state index is 11.7. The fourth-order valence-electron chi connectivity index (χ4n) is 1.48. The summed E-state index contributed by atoms with van der Waals surface area (Å²) in [5, 5.41) is 13.0. The number of alkyl carbamates (subject to hydrolysis) is 1. The molecule has 0 bridgehead atoms. The van der Waals surface area contributed by atoms with Crippen LogP contribution >= 0.6 is 11.8 Å². The number of nitrogens with one attached hydrogen (secondary N) is 1. The first-order chi connectivity index (χ1) is 8.22. The Hall–Kier alpha value is -0.420. The number of amides is 1. The summed E-state index contributed by atoms with van der Waals surface area (Å²) in [4.78, 5) is 11.7. The lowest BCUT2D eigenvalue weighted by atomic mass is 10.0. The second kappa shape index (κ2) is 7.89. The molecule has 0 radical (unpaired) electrons. The van der Waals surface area contributed by atoms with Gasteiger partial charge in [-0.25, -0.2) is 4.79 Å². The highest BCUT2D eigenvalue weighted by Gasteiger charge is 2.30. The van der Waals surface area contributed by atoms with Crippen molar-refractivity contribution in [2.75, 3.05) is 12.0 Å². The van der Waals surface area contributed by atoms with Crippen LogP contribution in [0.2, 0.25) is 0 Å². The molecule has 108 valence electrons. The number of hydrogen-bond acceptors (Lipinski definition) is 4. The molecule has 0 heterocycles. The summed E-state index contributed by atoms with van der Waals surface area (Å²) in [5.74, 6) is 0.802. The molecule has 5 heteroatoms. The summed E-state index contributed by atoms with van der Waals surface area (Å²) in [6.45, 7) is 7.47. The molecule has 0 unspecified atom stereocenters. The van der Waals surface area contributed by atoms with Crippen LogP contribution in [-0.4, -0.2) is 34.5 Å². The van der Waals surface area contributed by atoms with E-state index in [1.54, 1.807) is 32.5 Å². The van der Waals surface area contributed by atoms with Crippen molar-refractivity contribution in [2.24, 2.45) is 0 Å². The molecule has 1 amide bonds. The smallest absolute Gasteiger partial charge is 0.409 e. The largest absolute Gasteiger partial charge is 0.444 e. The third-order valence-corrected chi connectivity index (χ3v) is 3.01. The van der Waals surface area contributed by atoms with Crippen LogP contribution in [0.25, 0.3) is 0 Å².